The first kappa shape index (κ1) is 12.4. The van der Waals surface area contributed by atoms with Gasteiger partial charge in [-0.15, -0.1) is 0 Å². The highest BCUT2D eigenvalue weighted by Gasteiger charge is 2.10. The summed E-state index contributed by atoms with van der Waals surface area (Å²) >= 11 is 0. The zero-order valence-corrected chi connectivity index (χ0v) is 10.8. The Labute approximate surface area is 117 Å². The van der Waals surface area contributed by atoms with Crippen LogP contribution >= 0.6 is 0 Å². The number of ether oxygens (including phenoxy) is 1. The van der Waals surface area contributed by atoms with E-state index in [1.807, 2.05) is 36.4 Å². The zero-order valence-electron chi connectivity index (χ0n) is 10.8. The predicted octanol–water partition coefficient (Wildman–Crippen LogP) is 4.23. The van der Waals surface area contributed by atoms with E-state index in [4.69, 9.17) is 9.15 Å². The Kier molecular flexibility index (Phi) is 3.42. The Morgan fingerprint density at radius 3 is 2.55 bits per heavy atom. The van der Waals surface area contributed by atoms with E-state index in [1.165, 1.54) is 0 Å². The molecule has 2 aromatic carbocycles. The monoisotopic (exact) mass is 266 g/mol. The second-order valence-corrected chi connectivity index (χ2v) is 4.43. The molecule has 0 unspecified atom stereocenters. The second kappa shape index (κ2) is 5.53. The van der Waals surface area contributed by atoms with E-state index in [1.54, 1.807) is 30.5 Å². The Morgan fingerprint density at radius 1 is 0.950 bits per heavy atom. The van der Waals surface area contributed by atoms with Crippen LogP contribution in [-0.4, -0.2) is 5.11 Å². The van der Waals surface area contributed by atoms with Crippen molar-refractivity contribution in [2.75, 3.05) is 0 Å². The molecule has 3 aromatic rings. The van der Waals surface area contributed by atoms with Crippen LogP contribution in [0.5, 0.6) is 11.5 Å². The van der Waals surface area contributed by atoms with E-state index in [0.29, 0.717) is 18.1 Å². The summed E-state index contributed by atoms with van der Waals surface area (Å²) in [5, 5.41) is 9.62. The molecular formula is C17H14O3. The Hall–Kier alpha value is -2.68. The van der Waals surface area contributed by atoms with Crippen molar-refractivity contribution in [3.63, 3.8) is 0 Å². The van der Waals surface area contributed by atoms with Crippen molar-refractivity contribution in [3.8, 4) is 22.8 Å². The van der Waals surface area contributed by atoms with Crippen molar-refractivity contribution >= 4 is 0 Å². The smallest absolute Gasteiger partial charge is 0.137 e. The second-order valence-electron chi connectivity index (χ2n) is 4.43. The van der Waals surface area contributed by atoms with Gasteiger partial charge in [0.05, 0.1) is 11.8 Å². The van der Waals surface area contributed by atoms with Gasteiger partial charge in [0, 0.05) is 0 Å². The van der Waals surface area contributed by atoms with Crippen molar-refractivity contribution in [1.29, 1.82) is 0 Å². The average molecular weight is 266 g/mol. The van der Waals surface area contributed by atoms with Crippen LogP contribution in [0.3, 0.4) is 0 Å². The third-order valence-electron chi connectivity index (χ3n) is 2.99. The van der Waals surface area contributed by atoms with E-state index in [-0.39, 0.29) is 5.75 Å². The Bertz CT molecular complexity index is 673. The van der Waals surface area contributed by atoms with Crippen LogP contribution in [0.1, 0.15) is 5.56 Å². The average Bonchev–Trinajstić information content (AvgIpc) is 3.01. The molecule has 0 bridgehead atoms. The van der Waals surface area contributed by atoms with E-state index >= 15 is 0 Å². The summed E-state index contributed by atoms with van der Waals surface area (Å²) in [6.07, 6.45) is 1.60. The van der Waals surface area contributed by atoms with Crippen LogP contribution in [0.2, 0.25) is 0 Å². The van der Waals surface area contributed by atoms with Gasteiger partial charge in [0.15, 0.2) is 0 Å². The van der Waals surface area contributed by atoms with Gasteiger partial charge in [-0.2, -0.15) is 0 Å². The Balaban J connectivity index is 1.86. The minimum absolute atomic E-state index is 0.184. The first-order valence-corrected chi connectivity index (χ1v) is 6.36. The van der Waals surface area contributed by atoms with E-state index in [0.717, 1.165) is 11.1 Å². The molecule has 0 spiro atoms. The van der Waals surface area contributed by atoms with Crippen LogP contribution in [0, 0.1) is 0 Å². The topological polar surface area (TPSA) is 42.6 Å². The zero-order chi connectivity index (χ0) is 13.8. The maximum absolute atomic E-state index is 9.62. The molecule has 0 radical (unpaired) electrons. The quantitative estimate of drug-likeness (QED) is 0.768. The molecule has 3 nitrogen and oxygen atoms in total. The van der Waals surface area contributed by atoms with Gasteiger partial charge in [-0.1, -0.05) is 30.3 Å². The first-order chi connectivity index (χ1) is 9.83. The van der Waals surface area contributed by atoms with Crippen LogP contribution in [0.4, 0.5) is 0 Å². The molecule has 0 aliphatic heterocycles. The summed E-state index contributed by atoms with van der Waals surface area (Å²) in [5.74, 6) is 1.54. The maximum Gasteiger partial charge on any atom is 0.137 e. The predicted molar refractivity (Wildman–Crippen MR) is 76.6 cm³/mol. The molecule has 0 aliphatic carbocycles. The van der Waals surface area contributed by atoms with E-state index < -0.39 is 0 Å². The van der Waals surface area contributed by atoms with Crippen LogP contribution in [-0.2, 0) is 6.61 Å². The van der Waals surface area contributed by atoms with Gasteiger partial charge in [0.25, 0.3) is 0 Å². The fraction of sp³-hybridized carbons (Fsp3) is 0.0588. The summed E-state index contributed by atoms with van der Waals surface area (Å²) in [7, 11) is 0. The summed E-state index contributed by atoms with van der Waals surface area (Å²) < 4.78 is 11.2. The molecule has 0 amide bonds. The van der Waals surface area contributed by atoms with E-state index in [2.05, 4.69) is 0 Å². The number of aromatic hydroxyl groups is 1. The lowest BCUT2D eigenvalue weighted by molar-refractivity contribution is 0.306. The lowest BCUT2D eigenvalue weighted by Gasteiger charge is -2.10. The number of benzene rings is 2. The molecule has 0 saturated carbocycles. The van der Waals surface area contributed by atoms with Gasteiger partial charge in [-0.25, -0.2) is 0 Å². The van der Waals surface area contributed by atoms with Gasteiger partial charge in [0.2, 0.25) is 0 Å². The Morgan fingerprint density at radius 2 is 1.80 bits per heavy atom. The summed E-state index contributed by atoms with van der Waals surface area (Å²) in [4.78, 5) is 0. The molecule has 1 heterocycles. The maximum atomic E-state index is 9.62. The number of furan rings is 1. The van der Waals surface area contributed by atoms with Crippen molar-refractivity contribution < 1.29 is 14.3 Å². The van der Waals surface area contributed by atoms with Crippen molar-refractivity contribution in [2.45, 2.75) is 6.61 Å². The number of hydrogen-bond acceptors (Lipinski definition) is 3. The minimum Gasteiger partial charge on any atom is -0.508 e. The van der Waals surface area contributed by atoms with E-state index in [9.17, 15) is 5.11 Å². The first-order valence-electron chi connectivity index (χ1n) is 6.36. The third kappa shape index (κ3) is 2.67. The fourth-order valence-electron chi connectivity index (χ4n) is 2.00. The number of phenolic OH excluding ortho intramolecular Hbond substituents is 1. The third-order valence-corrected chi connectivity index (χ3v) is 2.99. The highest BCUT2D eigenvalue weighted by molar-refractivity contribution is 5.67. The number of hydrogen-bond donors (Lipinski definition) is 1. The van der Waals surface area contributed by atoms with Crippen molar-refractivity contribution in [1.82, 2.24) is 0 Å². The van der Waals surface area contributed by atoms with Crippen molar-refractivity contribution in [2.24, 2.45) is 0 Å². The molecular weight excluding hydrogens is 252 g/mol. The van der Waals surface area contributed by atoms with Crippen molar-refractivity contribution in [3.05, 3.63) is 72.5 Å². The van der Waals surface area contributed by atoms with Crippen LogP contribution in [0.15, 0.2) is 71.3 Å². The molecule has 0 atom stereocenters. The molecule has 100 valence electrons. The molecule has 0 saturated heterocycles. The molecule has 0 aliphatic rings. The number of rotatable bonds is 4. The normalized spacial score (nSPS) is 10.4. The standard InChI is InChI=1S/C17H14O3/c18-14-8-9-17(15(11-14)16-7-4-10-19-16)20-12-13-5-2-1-3-6-13/h1-11,18H,12H2. The summed E-state index contributed by atoms with van der Waals surface area (Å²) in [6, 6.07) is 18.6. The molecule has 1 N–H and O–H groups in total. The van der Waals surface area contributed by atoms with Gasteiger partial charge < -0.3 is 14.3 Å². The van der Waals surface area contributed by atoms with Gasteiger partial charge in [-0.3, -0.25) is 0 Å². The SMILES string of the molecule is Oc1ccc(OCc2ccccc2)c(-c2ccco2)c1. The lowest BCUT2D eigenvalue weighted by atomic mass is 10.1. The van der Waals surface area contributed by atoms with Gasteiger partial charge in [0.1, 0.15) is 23.9 Å². The van der Waals surface area contributed by atoms with Crippen LogP contribution < -0.4 is 4.74 Å². The lowest BCUT2D eigenvalue weighted by Crippen LogP contribution is -1.96. The minimum atomic E-state index is 0.184. The molecule has 0 fully saturated rings. The highest BCUT2D eigenvalue weighted by atomic mass is 16.5. The highest BCUT2D eigenvalue weighted by Crippen LogP contribution is 2.33. The molecule has 3 rings (SSSR count). The van der Waals surface area contributed by atoms with Gasteiger partial charge >= 0.3 is 0 Å². The fourth-order valence-corrected chi connectivity index (χ4v) is 2.00. The van der Waals surface area contributed by atoms with Crippen LogP contribution in [0.25, 0.3) is 11.3 Å². The summed E-state index contributed by atoms with van der Waals surface area (Å²) in [5.41, 5.74) is 1.83. The molecule has 3 heteroatoms. The number of phenols is 1. The summed E-state index contributed by atoms with van der Waals surface area (Å²) in [6.45, 7) is 0.472. The largest absolute Gasteiger partial charge is 0.508 e. The molecule has 1 aromatic heterocycles. The molecule has 20 heavy (non-hydrogen) atoms. The van der Waals surface area contributed by atoms with Gasteiger partial charge in [-0.05, 0) is 35.9 Å².